The molecule has 0 atom stereocenters. The van der Waals surface area contributed by atoms with Crippen molar-refractivity contribution in [2.45, 2.75) is 52.4 Å². The molecule has 0 aliphatic rings. The van der Waals surface area contributed by atoms with Gasteiger partial charge in [-0.1, -0.05) is 41.0 Å². The maximum Gasteiger partial charge on any atom is 0 e. The molecule has 16 heavy (non-hydrogen) atoms. The van der Waals surface area contributed by atoms with Gasteiger partial charge in [-0.3, -0.25) is 0 Å². The smallest absolute Gasteiger partial charge is 0 e. The molecule has 0 saturated carbocycles. The van der Waals surface area contributed by atoms with E-state index in [-0.39, 0.29) is 19.5 Å². The molecule has 0 saturated heterocycles. The largest absolute Gasteiger partial charge is 0.222 e. The van der Waals surface area contributed by atoms with E-state index in [0.29, 0.717) is 7.92 Å². The predicted octanol–water partition coefficient (Wildman–Crippen LogP) is -1.06. The van der Waals surface area contributed by atoms with Gasteiger partial charge in [0.2, 0.25) is 0 Å². The van der Waals surface area contributed by atoms with Crippen molar-refractivity contribution >= 4 is 7.92 Å². The van der Waals surface area contributed by atoms with Crippen LogP contribution in [0.4, 0.5) is 0 Å². The third-order valence-electron chi connectivity index (χ3n) is 1.81. The van der Waals surface area contributed by atoms with E-state index < -0.39 is 10.2 Å². The fourth-order valence-corrected chi connectivity index (χ4v) is 4.11. The van der Waals surface area contributed by atoms with Crippen molar-refractivity contribution in [3.63, 3.8) is 0 Å². The zero-order valence-electron chi connectivity index (χ0n) is 10.4. The summed E-state index contributed by atoms with van der Waals surface area (Å²) in [5.41, 5.74) is 1.85. The summed E-state index contributed by atoms with van der Waals surface area (Å²) in [5, 5.41) is 0. The Morgan fingerprint density at radius 2 is 1.19 bits per heavy atom. The maximum atomic E-state index is 8.49. The van der Waals surface area contributed by atoms with Gasteiger partial charge in [0.15, 0.2) is 0 Å². The van der Waals surface area contributed by atoms with Crippen LogP contribution in [0.25, 0.3) is 0 Å². The maximum absolute atomic E-state index is 8.49. The minimum absolute atomic E-state index is 0. The first-order valence-corrected chi connectivity index (χ1v) is 7.87. The molecule has 103 valence electrons. The van der Waals surface area contributed by atoms with Gasteiger partial charge in [0.1, 0.15) is 0 Å². The molecule has 0 aromatic rings. The van der Waals surface area contributed by atoms with E-state index in [9.17, 15) is 0 Å². The quantitative estimate of drug-likeness (QED) is 0.470. The molecular formula is C9H21ClO4PRh-. The molecule has 4 nitrogen and oxygen atoms in total. The molecule has 1 radical (unpaired) electrons. The average Bonchev–Trinajstić information content (AvgIpc) is 1.95. The van der Waals surface area contributed by atoms with Crippen LogP contribution in [0.15, 0.2) is 0 Å². The van der Waals surface area contributed by atoms with Crippen molar-refractivity contribution in [2.75, 3.05) is 6.16 Å². The normalized spacial score (nSPS) is 11.2. The van der Waals surface area contributed by atoms with E-state index >= 15 is 0 Å². The fourth-order valence-electron chi connectivity index (χ4n) is 1.37. The van der Waals surface area contributed by atoms with Crippen LogP contribution in [0, 0.1) is 10.2 Å². The summed E-state index contributed by atoms with van der Waals surface area (Å²) in [5.74, 6) is 0. The third-order valence-corrected chi connectivity index (χ3v) is 5.43. The molecule has 0 aromatic heterocycles. The second kappa shape index (κ2) is 11.3. The van der Waals surface area contributed by atoms with E-state index in [2.05, 4.69) is 34.6 Å². The first kappa shape index (κ1) is 22.4. The summed E-state index contributed by atoms with van der Waals surface area (Å²) < 4.78 is 34.0. The Kier molecular flexibility index (Phi) is 15.8. The van der Waals surface area contributed by atoms with Gasteiger partial charge in [-0.15, -0.1) is 18.2 Å². The molecule has 0 aromatic carbocycles. The molecule has 0 aliphatic carbocycles. The van der Waals surface area contributed by atoms with Crippen molar-refractivity contribution in [3.8, 4) is 0 Å². The Labute approximate surface area is 115 Å². The molecule has 0 bridgehead atoms. The van der Waals surface area contributed by atoms with Crippen molar-refractivity contribution < 1.29 is 48.4 Å². The minimum atomic E-state index is -4.94. The van der Waals surface area contributed by atoms with E-state index in [4.69, 9.17) is 18.6 Å². The van der Waals surface area contributed by atoms with Crippen LogP contribution < -0.4 is 18.6 Å². The Hall–Kier alpha value is 1.18. The molecular weight excluding hydrogens is 341 g/mol. The van der Waals surface area contributed by atoms with Crippen LogP contribution in [0.5, 0.6) is 0 Å². The Morgan fingerprint density at radius 1 is 0.938 bits per heavy atom. The SMILES string of the molecule is CCCP(C(C)C)C(C)C.[O-][Cl+3]([O-])([O-])[O-].[Rh]. The van der Waals surface area contributed by atoms with Crippen molar-refractivity contribution in [3.05, 3.63) is 0 Å². The topological polar surface area (TPSA) is 92.2 Å². The van der Waals surface area contributed by atoms with Crippen LogP contribution in [0.2, 0.25) is 0 Å². The number of hydrogen-bond donors (Lipinski definition) is 0. The Morgan fingerprint density at radius 3 is 1.25 bits per heavy atom. The molecule has 0 heterocycles. The summed E-state index contributed by atoms with van der Waals surface area (Å²) in [4.78, 5) is 0. The Bertz CT molecular complexity index is 139. The average molecular weight is 363 g/mol. The number of halogens is 1. The van der Waals surface area contributed by atoms with Gasteiger partial charge >= 0.3 is 0 Å². The summed E-state index contributed by atoms with van der Waals surface area (Å²) >= 11 is 0. The summed E-state index contributed by atoms with van der Waals surface area (Å²) in [6.45, 7) is 11.7. The van der Waals surface area contributed by atoms with E-state index in [0.717, 1.165) is 11.3 Å². The van der Waals surface area contributed by atoms with Crippen LogP contribution in [-0.4, -0.2) is 17.5 Å². The van der Waals surface area contributed by atoms with Gasteiger partial charge < -0.3 is 0 Å². The Balaban J connectivity index is -0.000000242. The van der Waals surface area contributed by atoms with E-state index in [1.165, 1.54) is 12.6 Å². The van der Waals surface area contributed by atoms with Gasteiger partial charge in [0.25, 0.3) is 0 Å². The predicted molar refractivity (Wildman–Crippen MR) is 52.4 cm³/mol. The second-order valence-corrected chi connectivity index (χ2v) is 8.10. The monoisotopic (exact) mass is 362 g/mol. The van der Waals surface area contributed by atoms with E-state index in [1.54, 1.807) is 0 Å². The van der Waals surface area contributed by atoms with E-state index in [1.807, 2.05) is 0 Å². The second-order valence-electron chi connectivity index (χ2n) is 3.80. The minimum Gasteiger partial charge on any atom is -0.222 e. The van der Waals surface area contributed by atoms with Crippen LogP contribution >= 0.6 is 7.92 Å². The number of hydrogen-bond acceptors (Lipinski definition) is 4. The molecule has 0 unspecified atom stereocenters. The van der Waals surface area contributed by atoms with Crippen LogP contribution in [-0.2, 0) is 19.5 Å². The zero-order chi connectivity index (χ0) is 12.6. The molecule has 0 fully saturated rings. The molecule has 0 amide bonds. The van der Waals surface area contributed by atoms with Gasteiger partial charge in [-0.25, -0.2) is 18.6 Å². The molecule has 0 aliphatic heterocycles. The first-order chi connectivity index (χ1) is 6.59. The van der Waals surface area contributed by atoms with Gasteiger partial charge in [0, 0.05) is 19.5 Å². The molecule has 0 spiro atoms. The molecule has 0 rings (SSSR count). The van der Waals surface area contributed by atoms with Crippen molar-refractivity contribution in [2.24, 2.45) is 0 Å². The molecule has 0 N–H and O–H groups in total. The standard InChI is InChI=1S/C9H21P.ClHO4.Rh/c1-6-7-10(8(2)3)9(4)5;2-1(3,4)5;/h8-9H,6-7H2,1-5H3;(H,2,3,4,5);/p-1. The van der Waals surface area contributed by atoms with Gasteiger partial charge in [-0.05, 0) is 17.5 Å². The summed E-state index contributed by atoms with van der Waals surface area (Å²) in [7, 11) is -4.62. The molecule has 7 heteroatoms. The summed E-state index contributed by atoms with van der Waals surface area (Å²) in [6.07, 6.45) is 2.83. The number of rotatable bonds is 4. The first-order valence-electron chi connectivity index (χ1n) is 4.97. The van der Waals surface area contributed by atoms with Gasteiger partial charge in [0.05, 0.1) is 0 Å². The third kappa shape index (κ3) is 20.6. The van der Waals surface area contributed by atoms with Crippen LogP contribution in [0.3, 0.4) is 0 Å². The fraction of sp³-hybridized carbons (Fsp3) is 1.00. The van der Waals surface area contributed by atoms with Crippen molar-refractivity contribution in [1.82, 2.24) is 0 Å². The summed E-state index contributed by atoms with van der Waals surface area (Å²) in [6, 6.07) is 0. The van der Waals surface area contributed by atoms with Crippen LogP contribution in [0.1, 0.15) is 41.0 Å². The van der Waals surface area contributed by atoms with Crippen molar-refractivity contribution in [1.29, 1.82) is 0 Å². The zero-order valence-corrected chi connectivity index (χ0v) is 13.6. The van der Waals surface area contributed by atoms with Gasteiger partial charge in [-0.2, -0.15) is 0 Å².